The lowest BCUT2D eigenvalue weighted by Crippen LogP contribution is -2.22. The van der Waals surface area contributed by atoms with Crippen molar-refractivity contribution in [2.24, 2.45) is 5.73 Å². The molecule has 0 saturated carbocycles. The Hall–Kier alpha value is -3.33. The van der Waals surface area contributed by atoms with Gasteiger partial charge in [-0.15, -0.1) is 23.3 Å². The second kappa shape index (κ2) is 12.4. The van der Waals surface area contributed by atoms with Crippen molar-refractivity contribution in [2.45, 2.75) is 13.3 Å². The summed E-state index contributed by atoms with van der Waals surface area (Å²) in [5, 5.41) is 2.79. The van der Waals surface area contributed by atoms with Gasteiger partial charge in [-0.2, -0.15) is 0 Å². The molecule has 0 aliphatic heterocycles. The molecule has 3 aromatic heterocycles. The van der Waals surface area contributed by atoms with Crippen LogP contribution in [0.25, 0.3) is 27.4 Å². The Morgan fingerprint density at radius 2 is 1.71 bits per heavy atom. The van der Waals surface area contributed by atoms with Crippen LogP contribution in [0.5, 0.6) is 0 Å². The highest BCUT2D eigenvalue weighted by molar-refractivity contribution is 8.59. The van der Waals surface area contributed by atoms with E-state index < -0.39 is 5.91 Å². The summed E-state index contributed by atoms with van der Waals surface area (Å²) in [4.78, 5) is 31.7. The van der Waals surface area contributed by atoms with Crippen molar-refractivity contribution < 1.29 is 4.79 Å². The third-order valence-electron chi connectivity index (χ3n) is 5.23. The highest BCUT2D eigenvalue weighted by Gasteiger charge is 2.12. The predicted octanol–water partition coefficient (Wildman–Crippen LogP) is 5.70. The van der Waals surface area contributed by atoms with Crippen LogP contribution in [0.4, 0.5) is 0 Å². The average Bonchev–Trinajstić information content (AvgIpc) is 2.90. The number of halogens is 1. The molecule has 0 spiro atoms. The number of rotatable bonds is 3. The molecule has 0 unspecified atom stereocenters. The Kier molecular flexibility index (Phi) is 9.31. The van der Waals surface area contributed by atoms with Gasteiger partial charge in [-0.1, -0.05) is 48.9 Å². The van der Waals surface area contributed by atoms with Gasteiger partial charge in [0.25, 0.3) is 11.5 Å². The molecule has 0 saturated heterocycles. The van der Waals surface area contributed by atoms with Gasteiger partial charge in [-0.05, 0) is 48.2 Å². The van der Waals surface area contributed by atoms with Crippen LogP contribution in [-0.2, 0) is 6.42 Å². The summed E-state index contributed by atoms with van der Waals surface area (Å²) in [6.45, 7) is 2.05. The van der Waals surface area contributed by atoms with Gasteiger partial charge in [0, 0.05) is 35.4 Å². The quantitative estimate of drug-likeness (QED) is 0.209. The number of benzene rings is 2. The van der Waals surface area contributed by atoms with Gasteiger partial charge < -0.3 is 5.73 Å². The molecule has 0 atom stereocenters. The molecule has 178 valence electrons. The summed E-state index contributed by atoms with van der Waals surface area (Å²) >= 11 is 12.6. The first-order chi connectivity index (χ1) is 17.0. The number of hydrogen-bond donors (Lipinski definition) is 3. The maximum absolute atomic E-state index is 12.8. The van der Waals surface area contributed by atoms with Crippen molar-refractivity contribution >= 4 is 62.5 Å². The van der Waals surface area contributed by atoms with Gasteiger partial charge in [0.2, 0.25) is 0 Å². The number of thiol groups is 2. The summed E-state index contributed by atoms with van der Waals surface area (Å²) in [6, 6.07) is 20.9. The van der Waals surface area contributed by atoms with Crippen molar-refractivity contribution in [1.29, 1.82) is 0 Å². The second-order valence-corrected chi connectivity index (χ2v) is 7.70. The van der Waals surface area contributed by atoms with Crippen LogP contribution >= 0.6 is 34.9 Å². The number of nitrogens with two attached hydrogens (primary N) is 1. The molecule has 5 rings (SSSR count). The first-order valence-corrected chi connectivity index (χ1v) is 12.6. The van der Waals surface area contributed by atoms with Gasteiger partial charge in [-0.3, -0.25) is 24.1 Å². The summed E-state index contributed by atoms with van der Waals surface area (Å²) < 4.78 is 1.74. The summed E-state index contributed by atoms with van der Waals surface area (Å²) in [6.07, 6.45) is 5.48. The Morgan fingerprint density at radius 3 is 2.40 bits per heavy atom. The Balaban J connectivity index is 0.000000197. The van der Waals surface area contributed by atoms with E-state index in [9.17, 15) is 9.59 Å². The number of primary amides is 1. The minimum absolute atomic E-state index is 0.0591. The molecule has 6 nitrogen and oxygen atoms in total. The fraction of sp³-hybridized carbons (Fsp3) is 0.0769. The van der Waals surface area contributed by atoms with E-state index in [1.54, 1.807) is 29.1 Å². The Morgan fingerprint density at radius 1 is 1.00 bits per heavy atom. The summed E-state index contributed by atoms with van der Waals surface area (Å²) in [7, 11) is 0. The van der Waals surface area contributed by atoms with Crippen LogP contribution in [0.1, 0.15) is 23.0 Å². The number of carbonyl (C=O) groups excluding carboxylic acids is 1. The molecule has 35 heavy (non-hydrogen) atoms. The van der Waals surface area contributed by atoms with Gasteiger partial charge in [0.15, 0.2) is 0 Å². The van der Waals surface area contributed by atoms with Crippen LogP contribution in [0.15, 0.2) is 90.1 Å². The highest BCUT2D eigenvalue weighted by Crippen LogP contribution is 2.22. The molecule has 2 aromatic carbocycles. The van der Waals surface area contributed by atoms with E-state index in [4.69, 9.17) is 17.3 Å². The molecular formula is C26H23ClN4O2S2. The molecule has 3 heterocycles. The van der Waals surface area contributed by atoms with Gasteiger partial charge >= 0.3 is 0 Å². The topological polar surface area (TPSA) is 90.9 Å². The minimum Gasteiger partial charge on any atom is -0.365 e. The van der Waals surface area contributed by atoms with E-state index in [1.165, 1.54) is 6.20 Å². The number of para-hydroxylation sites is 1. The Labute approximate surface area is 218 Å². The van der Waals surface area contributed by atoms with Crippen LogP contribution in [0.2, 0.25) is 5.02 Å². The standard InChI is InChI=1S/C17H14ClNO.C9H7N3O.H2S2/c1-2-13-11-12-7-6-10-15(18)16(12)17(20)19(13)14-8-4-3-5-9-14;10-9(13)7-5-11-4-6-2-1-3-12-8(6)7;1-2/h3-11H,2H2,1H3;1-5H,(H2,10,13);1-2H. The van der Waals surface area contributed by atoms with Crippen molar-refractivity contribution in [3.63, 3.8) is 0 Å². The van der Waals surface area contributed by atoms with Crippen molar-refractivity contribution in [1.82, 2.24) is 14.5 Å². The molecular weight excluding hydrogens is 500 g/mol. The van der Waals surface area contributed by atoms with E-state index in [2.05, 4.69) is 33.3 Å². The molecule has 2 N–H and O–H groups in total. The monoisotopic (exact) mass is 522 g/mol. The van der Waals surface area contributed by atoms with Gasteiger partial charge in [0.1, 0.15) is 0 Å². The third kappa shape index (κ3) is 5.85. The zero-order chi connectivity index (χ0) is 25.4. The van der Waals surface area contributed by atoms with Crippen LogP contribution in [-0.4, -0.2) is 20.4 Å². The molecule has 1 amide bonds. The number of aromatic nitrogens is 3. The maximum atomic E-state index is 12.8. The lowest BCUT2D eigenvalue weighted by Gasteiger charge is -2.14. The number of amides is 1. The number of aryl methyl sites for hydroxylation is 1. The van der Waals surface area contributed by atoms with Crippen molar-refractivity contribution in [3.8, 4) is 5.69 Å². The SMILES string of the molecule is CCc1cc2cccc(Cl)c2c(=O)n1-c1ccccc1.NC(=O)c1cncc2cccnc12.SS. The van der Waals surface area contributed by atoms with Crippen LogP contribution < -0.4 is 11.3 Å². The highest BCUT2D eigenvalue weighted by atomic mass is 35.5. The van der Waals surface area contributed by atoms with Gasteiger partial charge in [0.05, 0.1) is 21.5 Å². The van der Waals surface area contributed by atoms with Crippen molar-refractivity contribution in [2.75, 3.05) is 0 Å². The first-order valence-electron chi connectivity index (χ1n) is 10.6. The lowest BCUT2D eigenvalue weighted by atomic mass is 10.1. The van der Waals surface area contributed by atoms with E-state index in [0.717, 1.165) is 28.6 Å². The smallest absolute Gasteiger partial charge is 0.264 e. The maximum Gasteiger partial charge on any atom is 0.264 e. The minimum atomic E-state index is -0.503. The summed E-state index contributed by atoms with van der Waals surface area (Å²) in [5.74, 6) is -0.503. The van der Waals surface area contributed by atoms with Crippen LogP contribution in [0, 0.1) is 0 Å². The van der Waals surface area contributed by atoms with Gasteiger partial charge in [-0.25, -0.2) is 0 Å². The normalized spacial score (nSPS) is 10.2. The summed E-state index contributed by atoms with van der Waals surface area (Å²) in [5.41, 5.74) is 7.92. The molecule has 0 aliphatic rings. The molecule has 0 bridgehead atoms. The number of carbonyl (C=O) groups is 1. The number of fused-ring (bicyclic) bond motifs is 2. The van der Waals surface area contributed by atoms with Crippen LogP contribution in [0.3, 0.4) is 0 Å². The second-order valence-electron chi connectivity index (χ2n) is 7.30. The fourth-order valence-corrected chi connectivity index (χ4v) is 3.94. The Bertz CT molecular complexity index is 1520. The lowest BCUT2D eigenvalue weighted by molar-refractivity contribution is 0.100. The average molecular weight is 523 g/mol. The zero-order valence-electron chi connectivity index (χ0n) is 18.8. The zero-order valence-corrected chi connectivity index (χ0v) is 21.3. The molecule has 0 radical (unpaired) electrons. The number of nitrogens with zero attached hydrogens (tertiary/aromatic N) is 3. The number of hydrogen-bond acceptors (Lipinski definition) is 6. The third-order valence-corrected chi connectivity index (χ3v) is 5.54. The first kappa shape index (κ1) is 26.3. The molecule has 5 aromatic rings. The number of pyridine rings is 3. The molecule has 0 aliphatic carbocycles. The van der Waals surface area contributed by atoms with E-state index in [-0.39, 0.29) is 5.56 Å². The van der Waals surface area contributed by atoms with E-state index in [1.807, 2.05) is 61.5 Å². The molecule has 0 fully saturated rings. The molecule has 9 heteroatoms. The predicted molar refractivity (Wildman–Crippen MR) is 150 cm³/mol. The fourth-order valence-electron chi connectivity index (χ4n) is 3.67. The largest absolute Gasteiger partial charge is 0.365 e. The van der Waals surface area contributed by atoms with E-state index >= 15 is 0 Å². The van der Waals surface area contributed by atoms with Crippen molar-refractivity contribution in [3.05, 3.63) is 112 Å². The van der Waals surface area contributed by atoms with E-state index in [0.29, 0.717) is 21.5 Å².